The number of aryl methyl sites for hydroxylation is 1. The number of carbonyl (C=O) groups excluding carboxylic acids is 2. The number of likely N-dealkylation sites (N-methyl/N-ethyl adjacent to an activating group) is 1. The van der Waals surface area contributed by atoms with Crippen LogP contribution in [-0.2, 0) is 16.0 Å². The fourth-order valence-corrected chi connectivity index (χ4v) is 2.53. The topological polar surface area (TPSA) is 40.6 Å². The molecule has 2 amide bonds. The van der Waals surface area contributed by atoms with Crippen molar-refractivity contribution in [3.8, 4) is 0 Å². The van der Waals surface area contributed by atoms with E-state index in [-0.39, 0.29) is 36.8 Å². The second kappa shape index (κ2) is 7.33. The van der Waals surface area contributed by atoms with Gasteiger partial charge in [-0.2, -0.15) is 0 Å². The highest BCUT2D eigenvalue weighted by Crippen LogP contribution is 2.14. The first-order chi connectivity index (χ1) is 10.5. The lowest BCUT2D eigenvalue weighted by atomic mass is 10.1. The molecule has 0 atom stereocenters. The molecule has 1 fully saturated rings. The second-order valence-electron chi connectivity index (χ2n) is 5.55. The zero-order valence-corrected chi connectivity index (χ0v) is 12.6. The van der Waals surface area contributed by atoms with E-state index in [1.165, 1.54) is 17.0 Å². The fourth-order valence-electron chi connectivity index (χ4n) is 2.53. The van der Waals surface area contributed by atoms with E-state index in [4.69, 9.17) is 0 Å². The van der Waals surface area contributed by atoms with Crippen molar-refractivity contribution in [3.63, 3.8) is 0 Å². The molecule has 0 aliphatic carbocycles. The number of likely N-dealkylation sites (tertiary alicyclic amines) is 1. The normalized spacial score (nSPS) is 14.2. The predicted octanol–water partition coefficient (Wildman–Crippen LogP) is 1.98. The summed E-state index contributed by atoms with van der Waals surface area (Å²) in [4.78, 5) is 27.0. The van der Waals surface area contributed by atoms with Crippen LogP contribution < -0.4 is 0 Å². The summed E-state index contributed by atoms with van der Waals surface area (Å²) in [6.07, 6.45) is 2.17. The van der Waals surface area contributed by atoms with Gasteiger partial charge in [-0.05, 0) is 30.9 Å². The molecule has 0 saturated carbocycles. The third kappa shape index (κ3) is 4.02. The van der Waals surface area contributed by atoms with Crippen LogP contribution in [-0.4, -0.2) is 48.3 Å². The van der Waals surface area contributed by atoms with Crippen LogP contribution in [0.3, 0.4) is 0 Å². The monoisotopic (exact) mass is 310 g/mol. The minimum atomic E-state index is -0.914. The van der Waals surface area contributed by atoms with Crippen LogP contribution in [0.1, 0.15) is 24.8 Å². The van der Waals surface area contributed by atoms with Gasteiger partial charge >= 0.3 is 0 Å². The van der Waals surface area contributed by atoms with Gasteiger partial charge in [0.05, 0.1) is 6.54 Å². The lowest BCUT2D eigenvalue weighted by Crippen LogP contribution is -2.39. The van der Waals surface area contributed by atoms with Gasteiger partial charge < -0.3 is 9.80 Å². The highest BCUT2D eigenvalue weighted by molar-refractivity contribution is 5.84. The summed E-state index contributed by atoms with van der Waals surface area (Å²) in [5.41, 5.74) is 0.174. The average Bonchev–Trinajstić information content (AvgIpc) is 3.02. The van der Waals surface area contributed by atoms with Crippen LogP contribution in [0.15, 0.2) is 18.2 Å². The first-order valence-electron chi connectivity index (χ1n) is 7.43. The number of nitrogens with zero attached hydrogens (tertiary/aromatic N) is 2. The van der Waals surface area contributed by atoms with Crippen molar-refractivity contribution < 1.29 is 18.4 Å². The number of benzene rings is 1. The molecule has 1 aliphatic rings. The quantitative estimate of drug-likeness (QED) is 0.834. The molecule has 22 heavy (non-hydrogen) atoms. The van der Waals surface area contributed by atoms with E-state index in [2.05, 4.69) is 0 Å². The maximum absolute atomic E-state index is 13.5. The number of hydrogen-bond acceptors (Lipinski definition) is 2. The maximum atomic E-state index is 13.5. The van der Waals surface area contributed by atoms with Crippen LogP contribution in [0.4, 0.5) is 8.78 Å². The summed E-state index contributed by atoms with van der Waals surface area (Å²) in [6, 6.07) is 3.92. The van der Waals surface area contributed by atoms with Crippen LogP contribution >= 0.6 is 0 Å². The van der Waals surface area contributed by atoms with E-state index >= 15 is 0 Å². The zero-order chi connectivity index (χ0) is 16.1. The van der Waals surface area contributed by atoms with Crippen molar-refractivity contribution in [3.05, 3.63) is 35.4 Å². The Morgan fingerprint density at radius 3 is 2.59 bits per heavy atom. The Bertz CT molecular complexity index is 557. The minimum absolute atomic E-state index is 0.0322. The molecule has 2 rings (SSSR count). The molecule has 1 aromatic rings. The lowest BCUT2D eigenvalue weighted by Gasteiger charge is -2.21. The molecular weight excluding hydrogens is 290 g/mol. The fraction of sp³-hybridized carbons (Fsp3) is 0.500. The SMILES string of the molecule is CN(CC(=O)N1CCCC1)C(=O)CCc1cccc(F)c1F. The molecular formula is C16H20F2N2O2. The lowest BCUT2D eigenvalue weighted by molar-refractivity contribution is -0.138. The molecule has 0 aromatic heterocycles. The van der Waals surface area contributed by atoms with Crippen LogP contribution in [0.25, 0.3) is 0 Å². The first-order valence-corrected chi connectivity index (χ1v) is 7.43. The van der Waals surface area contributed by atoms with E-state index in [0.29, 0.717) is 0 Å². The number of amides is 2. The molecule has 1 aliphatic heterocycles. The van der Waals surface area contributed by atoms with E-state index in [0.717, 1.165) is 32.0 Å². The van der Waals surface area contributed by atoms with Crippen molar-refractivity contribution in [1.82, 2.24) is 9.80 Å². The van der Waals surface area contributed by atoms with Gasteiger partial charge in [0.15, 0.2) is 11.6 Å². The largest absolute Gasteiger partial charge is 0.341 e. The van der Waals surface area contributed by atoms with Gasteiger partial charge in [0.25, 0.3) is 0 Å². The van der Waals surface area contributed by atoms with Gasteiger partial charge in [-0.15, -0.1) is 0 Å². The van der Waals surface area contributed by atoms with Gasteiger partial charge in [0.1, 0.15) is 0 Å². The zero-order valence-electron chi connectivity index (χ0n) is 12.6. The number of hydrogen-bond donors (Lipinski definition) is 0. The number of rotatable bonds is 5. The minimum Gasteiger partial charge on any atom is -0.341 e. The molecule has 0 bridgehead atoms. The van der Waals surface area contributed by atoms with Gasteiger partial charge in [0, 0.05) is 26.6 Å². The van der Waals surface area contributed by atoms with Crippen LogP contribution in [0.2, 0.25) is 0 Å². The summed E-state index contributed by atoms with van der Waals surface area (Å²) in [6.45, 7) is 1.52. The molecule has 6 heteroatoms. The van der Waals surface area contributed by atoms with Crippen molar-refractivity contribution in [2.24, 2.45) is 0 Å². The van der Waals surface area contributed by atoms with Crippen molar-refractivity contribution in [2.75, 3.05) is 26.7 Å². The van der Waals surface area contributed by atoms with Gasteiger partial charge in [-0.3, -0.25) is 9.59 Å². The number of halogens is 2. The molecule has 1 aromatic carbocycles. The molecule has 120 valence electrons. The van der Waals surface area contributed by atoms with Crippen molar-refractivity contribution >= 4 is 11.8 Å². The molecule has 0 spiro atoms. The molecule has 1 saturated heterocycles. The Morgan fingerprint density at radius 2 is 1.91 bits per heavy atom. The van der Waals surface area contributed by atoms with Crippen molar-refractivity contribution in [1.29, 1.82) is 0 Å². The summed E-state index contributed by atoms with van der Waals surface area (Å²) >= 11 is 0. The van der Waals surface area contributed by atoms with E-state index in [1.807, 2.05) is 0 Å². The highest BCUT2D eigenvalue weighted by Gasteiger charge is 2.21. The highest BCUT2D eigenvalue weighted by atomic mass is 19.2. The molecule has 0 unspecified atom stereocenters. The Labute approximate surface area is 128 Å². The smallest absolute Gasteiger partial charge is 0.242 e. The second-order valence-corrected chi connectivity index (χ2v) is 5.55. The summed E-state index contributed by atoms with van der Waals surface area (Å²) in [5.74, 6) is -2.14. The molecule has 0 radical (unpaired) electrons. The van der Waals surface area contributed by atoms with Gasteiger partial charge in [-0.25, -0.2) is 8.78 Å². The van der Waals surface area contributed by atoms with E-state index < -0.39 is 11.6 Å². The molecule has 0 N–H and O–H groups in total. The Balaban J connectivity index is 1.83. The average molecular weight is 310 g/mol. The van der Waals surface area contributed by atoms with Crippen LogP contribution in [0.5, 0.6) is 0 Å². The van der Waals surface area contributed by atoms with E-state index in [9.17, 15) is 18.4 Å². The van der Waals surface area contributed by atoms with Crippen LogP contribution in [0, 0.1) is 11.6 Å². The summed E-state index contributed by atoms with van der Waals surface area (Å²) in [5, 5.41) is 0. The third-order valence-electron chi connectivity index (χ3n) is 3.90. The van der Waals surface area contributed by atoms with Crippen molar-refractivity contribution in [2.45, 2.75) is 25.7 Å². The first kappa shape index (κ1) is 16.4. The van der Waals surface area contributed by atoms with Gasteiger partial charge in [-0.1, -0.05) is 12.1 Å². The number of carbonyl (C=O) groups is 2. The Morgan fingerprint density at radius 1 is 1.23 bits per heavy atom. The Kier molecular flexibility index (Phi) is 5.46. The summed E-state index contributed by atoms with van der Waals surface area (Å²) < 4.78 is 26.6. The molecule has 1 heterocycles. The Hall–Kier alpha value is -1.98. The third-order valence-corrected chi connectivity index (χ3v) is 3.90. The van der Waals surface area contributed by atoms with Gasteiger partial charge in [0.2, 0.25) is 11.8 Å². The summed E-state index contributed by atoms with van der Waals surface area (Å²) in [7, 11) is 1.55. The standard InChI is InChI=1S/C16H20F2N2O2/c1-19(11-15(22)20-9-2-3-10-20)14(21)8-7-12-5-4-6-13(17)16(12)18/h4-6H,2-3,7-11H2,1H3. The maximum Gasteiger partial charge on any atom is 0.242 e. The molecule has 4 nitrogen and oxygen atoms in total. The van der Waals surface area contributed by atoms with E-state index in [1.54, 1.807) is 11.9 Å². The predicted molar refractivity (Wildman–Crippen MR) is 78.1 cm³/mol.